The van der Waals surface area contributed by atoms with Crippen LogP contribution < -0.4 is 5.32 Å². The Balaban J connectivity index is 2.00. The molecule has 0 saturated carbocycles. The molecule has 0 aliphatic heterocycles. The third kappa shape index (κ3) is 3.75. The summed E-state index contributed by atoms with van der Waals surface area (Å²) in [7, 11) is 0. The van der Waals surface area contributed by atoms with Crippen LogP contribution in [0.25, 0.3) is 0 Å². The fourth-order valence-electron chi connectivity index (χ4n) is 2.33. The Morgan fingerprint density at radius 3 is 2.45 bits per heavy atom. The first-order valence-electron chi connectivity index (χ1n) is 7.07. The molecule has 1 amide bonds. The van der Waals surface area contributed by atoms with Crippen LogP contribution in [0.2, 0.25) is 0 Å². The van der Waals surface area contributed by atoms with Gasteiger partial charge < -0.3 is 14.8 Å². The molecule has 0 fully saturated rings. The first-order chi connectivity index (χ1) is 10.4. The molecule has 0 spiro atoms. The number of carboxylic acids is 1. The highest BCUT2D eigenvalue weighted by atomic mass is 16.4. The highest BCUT2D eigenvalue weighted by Gasteiger charge is 2.17. The average molecular weight is 301 g/mol. The van der Waals surface area contributed by atoms with Gasteiger partial charge in [-0.2, -0.15) is 0 Å². The molecule has 0 aliphatic rings. The molecule has 116 valence electrons. The summed E-state index contributed by atoms with van der Waals surface area (Å²) in [6.45, 7) is 5.99. The summed E-state index contributed by atoms with van der Waals surface area (Å²) in [5, 5.41) is 11.6. The number of hydrogen-bond acceptors (Lipinski definition) is 3. The monoisotopic (exact) mass is 301 g/mol. The molecule has 1 atom stereocenters. The molecular formula is C17H19NO4. The molecule has 0 radical (unpaired) electrons. The molecule has 5 nitrogen and oxygen atoms in total. The van der Waals surface area contributed by atoms with Crippen LogP contribution in [0.3, 0.4) is 0 Å². The van der Waals surface area contributed by atoms with Crippen molar-refractivity contribution in [2.24, 2.45) is 0 Å². The Bertz CT molecular complexity index is 702. The van der Waals surface area contributed by atoms with Crippen molar-refractivity contribution in [1.82, 2.24) is 5.32 Å². The average Bonchev–Trinajstić information content (AvgIpc) is 2.92. The van der Waals surface area contributed by atoms with E-state index in [-0.39, 0.29) is 17.6 Å². The van der Waals surface area contributed by atoms with E-state index in [1.165, 1.54) is 28.8 Å². The molecule has 2 aromatic rings. The standard InChI is InChI=1S/C17H19NO4/c1-10-4-5-13(11(2)8-10)9-12(3)18-16(19)14-6-7-15(22-14)17(20)21/h4-8,12H,9H2,1-3H3,(H,18,19)(H,20,21). The zero-order valence-corrected chi connectivity index (χ0v) is 12.8. The Morgan fingerprint density at radius 1 is 1.18 bits per heavy atom. The van der Waals surface area contributed by atoms with Gasteiger partial charge in [0.15, 0.2) is 5.76 Å². The second-order valence-corrected chi connectivity index (χ2v) is 5.48. The predicted octanol–water partition coefficient (Wildman–Crippen LogP) is 2.96. The van der Waals surface area contributed by atoms with Crippen LogP contribution in [0.15, 0.2) is 34.7 Å². The zero-order chi connectivity index (χ0) is 16.3. The number of hydrogen-bond donors (Lipinski definition) is 2. The molecule has 0 bridgehead atoms. The van der Waals surface area contributed by atoms with E-state index in [1.807, 2.05) is 26.8 Å². The van der Waals surface area contributed by atoms with Gasteiger partial charge in [-0.3, -0.25) is 4.79 Å². The summed E-state index contributed by atoms with van der Waals surface area (Å²) < 4.78 is 4.99. The lowest BCUT2D eigenvalue weighted by atomic mass is 10.00. The van der Waals surface area contributed by atoms with Crippen LogP contribution in [0.4, 0.5) is 0 Å². The van der Waals surface area contributed by atoms with Gasteiger partial charge in [0.2, 0.25) is 5.76 Å². The zero-order valence-electron chi connectivity index (χ0n) is 12.8. The molecule has 22 heavy (non-hydrogen) atoms. The summed E-state index contributed by atoms with van der Waals surface area (Å²) in [4.78, 5) is 22.8. The van der Waals surface area contributed by atoms with E-state index in [4.69, 9.17) is 9.52 Å². The largest absolute Gasteiger partial charge is 0.475 e. The van der Waals surface area contributed by atoms with E-state index in [2.05, 4.69) is 17.4 Å². The van der Waals surface area contributed by atoms with Gasteiger partial charge in [-0.15, -0.1) is 0 Å². The number of furan rings is 1. The van der Waals surface area contributed by atoms with Gasteiger partial charge in [0.05, 0.1) is 0 Å². The van der Waals surface area contributed by atoms with Gasteiger partial charge in [-0.1, -0.05) is 23.8 Å². The Hall–Kier alpha value is -2.56. The molecule has 2 rings (SSSR count). The summed E-state index contributed by atoms with van der Waals surface area (Å²) in [5.74, 6) is -1.84. The van der Waals surface area contributed by atoms with E-state index in [1.54, 1.807) is 0 Å². The molecule has 2 N–H and O–H groups in total. The first-order valence-corrected chi connectivity index (χ1v) is 7.07. The lowest BCUT2D eigenvalue weighted by Crippen LogP contribution is -2.34. The first kappa shape index (κ1) is 15.8. The molecule has 0 aliphatic carbocycles. The number of benzene rings is 1. The molecule has 1 unspecified atom stereocenters. The Labute approximate surface area is 129 Å². The van der Waals surface area contributed by atoms with Crippen LogP contribution >= 0.6 is 0 Å². The number of aryl methyl sites for hydroxylation is 2. The number of nitrogens with one attached hydrogen (secondary N) is 1. The van der Waals surface area contributed by atoms with Crippen LogP contribution in [0, 0.1) is 13.8 Å². The van der Waals surface area contributed by atoms with Crippen molar-refractivity contribution in [2.45, 2.75) is 33.2 Å². The van der Waals surface area contributed by atoms with E-state index < -0.39 is 11.9 Å². The fraction of sp³-hybridized carbons (Fsp3) is 0.294. The van der Waals surface area contributed by atoms with Crippen molar-refractivity contribution < 1.29 is 19.1 Å². The van der Waals surface area contributed by atoms with Crippen LogP contribution in [0.1, 0.15) is 44.7 Å². The normalized spacial score (nSPS) is 12.0. The SMILES string of the molecule is Cc1ccc(CC(C)NC(=O)c2ccc(C(=O)O)o2)c(C)c1. The van der Waals surface area contributed by atoms with Crippen LogP contribution in [0.5, 0.6) is 0 Å². The minimum absolute atomic E-state index is 0.00452. The third-order valence-electron chi connectivity index (χ3n) is 3.44. The number of carbonyl (C=O) groups excluding carboxylic acids is 1. The minimum Gasteiger partial charge on any atom is -0.475 e. The van der Waals surface area contributed by atoms with Gasteiger partial charge in [0.25, 0.3) is 5.91 Å². The second-order valence-electron chi connectivity index (χ2n) is 5.48. The van der Waals surface area contributed by atoms with Crippen molar-refractivity contribution in [3.63, 3.8) is 0 Å². The lowest BCUT2D eigenvalue weighted by Gasteiger charge is -2.15. The van der Waals surface area contributed by atoms with Crippen LogP contribution in [-0.2, 0) is 6.42 Å². The van der Waals surface area contributed by atoms with Gasteiger partial charge in [0.1, 0.15) is 0 Å². The lowest BCUT2D eigenvalue weighted by molar-refractivity contribution is 0.0659. The number of amides is 1. The number of rotatable bonds is 5. The second kappa shape index (κ2) is 6.47. The van der Waals surface area contributed by atoms with E-state index >= 15 is 0 Å². The van der Waals surface area contributed by atoms with E-state index in [9.17, 15) is 9.59 Å². The fourth-order valence-corrected chi connectivity index (χ4v) is 2.33. The van der Waals surface area contributed by atoms with E-state index in [0.717, 1.165) is 0 Å². The van der Waals surface area contributed by atoms with E-state index in [0.29, 0.717) is 6.42 Å². The van der Waals surface area contributed by atoms with Crippen molar-refractivity contribution in [3.8, 4) is 0 Å². The van der Waals surface area contributed by atoms with Crippen molar-refractivity contribution >= 4 is 11.9 Å². The maximum absolute atomic E-state index is 12.0. The predicted molar refractivity (Wildman–Crippen MR) is 82.2 cm³/mol. The maximum atomic E-state index is 12.0. The van der Waals surface area contributed by atoms with Gasteiger partial charge >= 0.3 is 5.97 Å². The van der Waals surface area contributed by atoms with Gasteiger partial charge in [0, 0.05) is 6.04 Å². The van der Waals surface area contributed by atoms with Gasteiger partial charge in [-0.05, 0) is 50.5 Å². The molecule has 1 aromatic heterocycles. The quantitative estimate of drug-likeness (QED) is 0.890. The summed E-state index contributed by atoms with van der Waals surface area (Å²) in [6, 6.07) is 8.75. The molecule has 0 saturated heterocycles. The third-order valence-corrected chi connectivity index (χ3v) is 3.44. The van der Waals surface area contributed by atoms with Crippen molar-refractivity contribution in [1.29, 1.82) is 0 Å². The minimum atomic E-state index is -1.19. The van der Waals surface area contributed by atoms with Crippen LogP contribution in [-0.4, -0.2) is 23.0 Å². The highest BCUT2D eigenvalue weighted by molar-refractivity contribution is 5.93. The highest BCUT2D eigenvalue weighted by Crippen LogP contribution is 2.13. The Kier molecular flexibility index (Phi) is 4.65. The van der Waals surface area contributed by atoms with Crippen molar-refractivity contribution in [2.75, 3.05) is 0 Å². The number of carboxylic acid groups (broad SMARTS) is 1. The maximum Gasteiger partial charge on any atom is 0.371 e. The number of aromatic carboxylic acids is 1. The summed E-state index contributed by atoms with van der Waals surface area (Å²) >= 11 is 0. The smallest absolute Gasteiger partial charge is 0.371 e. The van der Waals surface area contributed by atoms with Crippen molar-refractivity contribution in [3.05, 3.63) is 58.5 Å². The molecule has 1 heterocycles. The summed E-state index contributed by atoms with van der Waals surface area (Å²) in [5.41, 5.74) is 3.56. The topological polar surface area (TPSA) is 79.5 Å². The molecular weight excluding hydrogens is 282 g/mol. The molecule has 5 heteroatoms. The summed E-state index contributed by atoms with van der Waals surface area (Å²) in [6.07, 6.45) is 0.699. The Morgan fingerprint density at radius 2 is 1.86 bits per heavy atom. The molecule has 1 aromatic carbocycles. The number of carbonyl (C=O) groups is 2. The van der Waals surface area contributed by atoms with Gasteiger partial charge in [-0.25, -0.2) is 4.79 Å².